The number of aromatic nitrogens is 2. The van der Waals surface area contributed by atoms with Crippen molar-refractivity contribution in [3.63, 3.8) is 0 Å². The lowest BCUT2D eigenvalue weighted by molar-refractivity contribution is -0.137. The zero-order chi connectivity index (χ0) is 14.0. The molecule has 0 aliphatic rings. The maximum Gasteiger partial charge on any atom is 0.419 e. The van der Waals surface area contributed by atoms with Gasteiger partial charge in [0.05, 0.1) is 17.4 Å². The maximum atomic E-state index is 12.6. The number of nitrogens with two attached hydrogens (primary N) is 1. The fourth-order valence-corrected chi connectivity index (χ4v) is 2.07. The maximum absolute atomic E-state index is 12.6. The minimum atomic E-state index is -4.39. The molecule has 3 nitrogen and oxygen atoms in total. The molecule has 2 rings (SSSR count). The summed E-state index contributed by atoms with van der Waals surface area (Å²) in [6.07, 6.45) is -2.03. The number of rotatable bonds is 3. The highest BCUT2D eigenvalue weighted by Gasteiger charge is 2.32. The molecule has 0 spiro atoms. The molecule has 2 N–H and O–H groups in total. The summed E-state index contributed by atoms with van der Waals surface area (Å²) in [5, 5.41) is 3.77. The van der Waals surface area contributed by atoms with Gasteiger partial charge in [-0.05, 0) is 30.7 Å². The van der Waals surface area contributed by atoms with Crippen molar-refractivity contribution in [1.82, 2.24) is 9.78 Å². The SMILES string of the molecule is NCCc1ccc(Br)cc1-n1cc(C(F)(F)F)cn1. The van der Waals surface area contributed by atoms with Crippen LogP contribution in [0.3, 0.4) is 0 Å². The van der Waals surface area contributed by atoms with E-state index in [-0.39, 0.29) is 0 Å². The van der Waals surface area contributed by atoms with Gasteiger partial charge in [0, 0.05) is 10.7 Å². The molecule has 1 aromatic carbocycles. The Hall–Kier alpha value is -1.34. The van der Waals surface area contributed by atoms with E-state index in [2.05, 4.69) is 21.0 Å². The second-order valence-electron chi connectivity index (χ2n) is 3.98. The molecule has 1 heterocycles. The van der Waals surface area contributed by atoms with Gasteiger partial charge in [0.2, 0.25) is 0 Å². The standard InChI is InChI=1S/C12H11BrF3N3/c13-10-2-1-8(3-4-17)11(5-10)19-7-9(6-18-19)12(14,15)16/h1-2,5-7H,3-4,17H2. The van der Waals surface area contributed by atoms with Crippen LogP contribution in [0.4, 0.5) is 13.2 Å². The average Bonchev–Trinajstić information content (AvgIpc) is 2.80. The summed E-state index contributed by atoms with van der Waals surface area (Å²) in [4.78, 5) is 0. The molecule has 102 valence electrons. The second-order valence-corrected chi connectivity index (χ2v) is 4.90. The van der Waals surface area contributed by atoms with Gasteiger partial charge in [-0.25, -0.2) is 4.68 Å². The molecule has 0 atom stereocenters. The highest BCUT2D eigenvalue weighted by molar-refractivity contribution is 9.10. The number of hydrogen-bond acceptors (Lipinski definition) is 2. The van der Waals surface area contributed by atoms with Crippen molar-refractivity contribution in [1.29, 1.82) is 0 Å². The van der Waals surface area contributed by atoms with E-state index in [1.54, 1.807) is 6.07 Å². The minimum Gasteiger partial charge on any atom is -0.330 e. The molecule has 0 bridgehead atoms. The lowest BCUT2D eigenvalue weighted by Crippen LogP contribution is -2.07. The Bertz CT molecular complexity index is 578. The average molecular weight is 334 g/mol. The summed E-state index contributed by atoms with van der Waals surface area (Å²) in [6, 6.07) is 5.36. The zero-order valence-electron chi connectivity index (χ0n) is 9.78. The molecule has 19 heavy (non-hydrogen) atoms. The number of benzene rings is 1. The minimum absolute atomic E-state index is 0.419. The predicted octanol–water partition coefficient (Wildman–Crippen LogP) is 3.15. The van der Waals surface area contributed by atoms with E-state index in [4.69, 9.17) is 5.73 Å². The summed E-state index contributed by atoms with van der Waals surface area (Å²) in [7, 11) is 0. The van der Waals surface area contributed by atoms with E-state index in [9.17, 15) is 13.2 Å². The summed E-state index contributed by atoms with van der Waals surface area (Å²) in [5.41, 5.74) is 6.17. The monoisotopic (exact) mass is 333 g/mol. The molecule has 0 unspecified atom stereocenters. The molecular weight excluding hydrogens is 323 g/mol. The molecule has 0 radical (unpaired) electrons. The molecular formula is C12H11BrF3N3. The van der Waals surface area contributed by atoms with Gasteiger partial charge < -0.3 is 5.73 Å². The topological polar surface area (TPSA) is 43.8 Å². The summed E-state index contributed by atoms with van der Waals surface area (Å²) >= 11 is 3.30. The quantitative estimate of drug-likeness (QED) is 0.937. The van der Waals surface area contributed by atoms with Crippen molar-refractivity contribution in [3.8, 4) is 5.69 Å². The Labute approximate surface area is 116 Å². The van der Waals surface area contributed by atoms with E-state index in [0.29, 0.717) is 18.7 Å². The van der Waals surface area contributed by atoms with Gasteiger partial charge in [-0.2, -0.15) is 18.3 Å². The molecule has 0 aliphatic heterocycles. The van der Waals surface area contributed by atoms with Gasteiger partial charge in [-0.15, -0.1) is 0 Å². The van der Waals surface area contributed by atoms with E-state index in [1.807, 2.05) is 12.1 Å². The molecule has 0 saturated heterocycles. The lowest BCUT2D eigenvalue weighted by Gasteiger charge is -2.09. The Balaban J connectivity index is 2.46. The normalized spacial score (nSPS) is 11.8. The molecule has 0 saturated carbocycles. The number of halogens is 4. The van der Waals surface area contributed by atoms with Gasteiger partial charge in [-0.3, -0.25) is 0 Å². The van der Waals surface area contributed by atoms with Crippen molar-refractivity contribution < 1.29 is 13.2 Å². The van der Waals surface area contributed by atoms with Crippen LogP contribution in [0.2, 0.25) is 0 Å². The predicted molar refractivity (Wildman–Crippen MR) is 69.0 cm³/mol. The first kappa shape index (κ1) is 14.1. The van der Waals surface area contributed by atoms with Crippen LogP contribution in [0.15, 0.2) is 35.1 Å². The third-order valence-electron chi connectivity index (χ3n) is 2.62. The van der Waals surface area contributed by atoms with Crippen molar-refractivity contribution in [2.24, 2.45) is 5.73 Å². The fraction of sp³-hybridized carbons (Fsp3) is 0.250. The first-order chi connectivity index (χ1) is 8.91. The smallest absolute Gasteiger partial charge is 0.330 e. The van der Waals surface area contributed by atoms with Gasteiger partial charge in [0.25, 0.3) is 0 Å². The van der Waals surface area contributed by atoms with Crippen LogP contribution in [0.1, 0.15) is 11.1 Å². The largest absolute Gasteiger partial charge is 0.419 e. The van der Waals surface area contributed by atoms with Crippen molar-refractivity contribution in [2.75, 3.05) is 6.54 Å². The van der Waals surface area contributed by atoms with Gasteiger partial charge in [0.15, 0.2) is 0 Å². The Kier molecular flexibility index (Phi) is 3.96. The highest BCUT2D eigenvalue weighted by Crippen LogP contribution is 2.30. The Morgan fingerprint density at radius 3 is 2.63 bits per heavy atom. The third-order valence-corrected chi connectivity index (χ3v) is 3.11. The van der Waals surface area contributed by atoms with Crippen molar-refractivity contribution in [2.45, 2.75) is 12.6 Å². The van der Waals surface area contributed by atoms with Gasteiger partial charge in [0.1, 0.15) is 0 Å². The summed E-state index contributed by atoms with van der Waals surface area (Å²) in [5.74, 6) is 0. The van der Waals surface area contributed by atoms with Crippen LogP contribution >= 0.6 is 15.9 Å². The number of nitrogens with zero attached hydrogens (tertiary/aromatic N) is 2. The molecule has 7 heteroatoms. The van der Waals surface area contributed by atoms with E-state index >= 15 is 0 Å². The number of hydrogen-bond donors (Lipinski definition) is 1. The van der Waals surface area contributed by atoms with Crippen LogP contribution in [0.25, 0.3) is 5.69 Å². The van der Waals surface area contributed by atoms with Gasteiger partial charge >= 0.3 is 6.18 Å². The molecule has 0 amide bonds. The zero-order valence-corrected chi connectivity index (χ0v) is 11.4. The summed E-state index contributed by atoms with van der Waals surface area (Å²) < 4.78 is 39.7. The molecule has 0 aliphatic carbocycles. The number of alkyl halides is 3. The van der Waals surface area contributed by atoms with E-state index in [0.717, 1.165) is 22.4 Å². The Morgan fingerprint density at radius 1 is 1.32 bits per heavy atom. The van der Waals surface area contributed by atoms with Gasteiger partial charge in [-0.1, -0.05) is 22.0 Å². The third kappa shape index (κ3) is 3.16. The fourth-order valence-electron chi connectivity index (χ4n) is 1.72. The van der Waals surface area contributed by atoms with Crippen molar-refractivity contribution in [3.05, 3.63) is 46.2 Å². The van der Waals surface area contributed by atoms with Crippen LogP contribution in [0, 0.1) is 0 Å². The van der Waals surface area contributed by atoms with Crippen molar-refractivity contribution >= 4 is 15.9 Å². The lowest BCUT2D eigenvalue weighted by atomic mass is 10.1. The summed E-state index contributed by atoms with van der Waals surface area (Å²) in [6.45, 7) is 0.419. The molecule has 0 fully saturated rings. The first-order valence-corrected chi connectivity index (χ1v) is 6.32. The highest BCUT2D eigenvalue weighted by atomic mass is 79.9. The Morgan fingerprint density at radius 2 is 2.05 bits per heavy atom. The van der Waals surface area contributed by atoms with Crippen LogP contribution in [0.5, 0.6) is 0 Å². The molecule has 1 aromatic heterocycles. The van der Waals surface area contributed by atoms with E-state index < -0.39 is 11.7 Å². The van der Waals surface area contributed by atoms with E-state index in [1.165, 1.54) is 4.68 Å². The molecule has 2 aromatic rings. The van der Waals surface area contributed by atoms with Crippen LogP contribution in [-0.4, -0.2) is 16.3 Å². The second kappa shape index (κ2) is 5.34. The van der Waals surface area contributed by atoms with Crippen LogP contribution < -0.4 is 5.73 Å². The van der Waals surface area contributed by atoms with Crippen LogP contribution in [-0.2, 0) is 12.6 Å². The first-order valence-electron chi connectivity index (χ1n) is 5.52.